The number of aromatic nitrogens is 4. The monoisotopic (exact) mass is 712 g/mol. The first-order valence-electron chi connectivity index (χ1n) is 17.7. The Morgan fingerprint density at radius 3 is 1.94 bits per heavy atom. The van der Waals surface area contributed by atoms with Crippen molar-refractivity contribution in [3.8, 4) is 67.0 Å². The fourth-order valence-corrected chi connectivity index (χ4v) is 9.68. The van der Waals surface area contributed by atoms with Crippen LogP contribution in [0, 0.1) is 0 Å². The van der Waals surface area contributed by atoms with Crippen molar-refractivity contribution in [3.05, 3.63) is 169 Å². The normalized spacial score (nSPS) is 12.1. The molecule has 1 aliphatic carbocycles. The van der Waals surface area contributed by atoms with Crippen molar-refractivity contribution in [2.45, 2.75) is 6.42 Å². The number of fused-ring (bicyclic) bond motifs is 7. The van der Waals surface area contributed by atoms with Gasteiger partial charge in [0.1, 0.15) is 5.01 Å². The van der Waals surface area contributed by atoms with Crippen molar-refractivity contribution < 1.29 is 0 Å². The first-order chi connectivity index (χ1) is 26.2. The van der Waals surface area contributed by atoms with Gasteiger partial charge in [-0.3, -0.25) is 0 Å². The lowest BCUT2D eigenvalue weighted by Crippen LogP contribution is -2.00. The van der Waals surface area contributed by atoms with E-state index in [-0.39, 0.29) is 0 Å². The maximum Gasteiger partial charge on any atom is 0.164 e. The first kappa shape index (κ1) is 30.3. The average molecular weight is 713 g/mol. The third kappa shape index (κ3) is 5.18. The van der Waals surface area contributed by atoms with Crippen LogP contribution in [0.2, 0.25) is 0 Å². The van der Waals surface area contributed by atoms with E-state index in [1.54, 1.807) is 22.7 Å². The van der Waals surface area contributed by atoms with Crippen molar-refractivity contribution in [3.63, 3.8) is 0 Å². The van der Waals surface area contributed by atoms with Gasteiger partial charge in [-0.25, -0.2) is 19.9 Å². The van der Waals surface area contributed by atoms with Crippen LogP contribution < -0.4 is 0 Å². The van der Waals surface area contributed by atoms with Crippen molar-refractivity contribution in [2.24, 2.45) is 0 Å². The summed E-state index contributed by atoms with van der Waals surface area (Å²) in [6.07, 6.45) is 0.950. The molecule has 0 saturated heterocycles. The molecule has 3 aromatic heterocycles. The fourth-order valence-electron chi connectivity index (χ4n) is 7.60. The second-order valence-corrected chi connectivity index (χ2v) is 15.5. The number of thiazole rings is 1. The van der Waals surface area contributed by atoms with Crippen LogP contribution in [0.1, 0.15) is 11.1 Å². The molecule has 0 aliphatic heterocycles. The molecule has 11 rings (SSSR count). The maximum absolute atomic E-state index is 5.23. The number of nitrogens with zero attached hydrogens (tertiary/aromatic N) is 4. The average Bonchev–Trinajstić information content (AvgIpc) is 3.94. The van der Waals surface area contributed by atoms with Crippen molar-refractivity contribution in [2.75, 3.05) is 0 Å². The smallest absolute Gasteiger partial charge is 0.164 e. The molecule has 0 amide bonds. The number of hydrogen-bond donors (Lipinski definition) is 0. The van der Waals surface area contributed by atoms with Crippen LogP contribution in [0.3, 0.4) is 0 Å². The van der Waals surface area contributed by atoms with Crippen LogP contribution in [0.4, 0.5) is 0 Å². The quantitative estimate of drug-likeness (QED) is 0.178. The van der Waals surface area contributed by atoms with E-state index >= 15 is 0 Å². The molecule has 4 nitrogen and oxygen atoms in total. The fraction of sp³-hybridized carbons (Fsp3) is 0.0213. The molecule has 0 fully saturated rings. The highest BCUT2D eigenvalue weighted by Crippen LogP contribution is 2.43. The summed E-state index contributed by atoms with van der Waals surface area (Å²) < 4.78 is 3.65. The molecule has 53 heavy (non-hydrogen) atoms. The number of thiophene rings is 1. The van der Waals surface area contributed by atoms with Gasteiger partial charge < -0.3 is 0 Å². The van der Waals surface area contributed by atoms with Gasteiger partial charge in [-0.1, -0.05) is 121 Å². The molecule has 7 aromatic carbocycles. The molecule has 0 unspecified atom stereocenters. The predicted octanol–water partition coefficient (Wildman–Crippen LogP) is 12.8. The Morgan fingerprint density at radius 1 is 0.377 bits per heavy atom. The molecule has 0 saturated carbocycles. The van der Waals surface area contributed by atoms with Crippen LogP contribution >= 0.6 is 22.7 Å². The van der Waals surface area contributed by atoms with Crippen molar-refractivity contribution >= 4 is 53.1 Å². The summed E-state index contributed by atoms with van der Waals surface area (Å²) in [5.41, 5.74) is 12.7. The van der Waals surface area contributed by atoms with E-state index in [2.05, 4.69) is 133 Å². The Balaban J connectivity index is 1.04. The van der Waals surface area contributed by atoms with Gasteiger partial charge in [0.25, 0.3) is 0 Å². The van der Waals surface area contributed by atoms with E-state index in [4.69, 9.17) is 19.9 Å². The zero-order valence-corrected chi connectivity index (χ0v) is 30.0. The minimum atomic E-state index is 0.664. The maximum atomic E-state index is 5.23. The van der Waals surface area contributed by atoms with E-state index < -0.39 is 0 Å². The van der Waals surface area contributed by atoms with Gasteiger partial charge in [0, 0.05) is 42.4 Å². The largest absolute Gasteiger partial charge is 0.236 e. The standard InChI is InChI=1S/C47H28N4S2/c1-2-9-29(10-3-1)44-49-45(34-22-21-33-25-32-11-4-5-12-35(32)37(33)27-34)51-46(50-44)36-13-8-16-42-43(36)38-26-31(23-24-40(38)52-42)28-17-19-30(20-18-28)47-48-39-14-6-7-15-41(39)53-47/h1-24,26-27H,25H2. The van der Waals surface area contributed by atoms with E-state index in [0.717, 1.165) is 39.2 Å². The number of hydrogen-bond acceptors (Lipinski definition) is 6. The molecule has 248 valence electrons. The van der Waals surface area contributed by atoms with Crippen LogP contribution in [0.15, 0.2) is 158 Å². The highest BCUT2D eigenvalue weighted by atomic mass is 32.1. The minimum Gasteiger partial charge on any atom is -0.236 e. The molecule has 3 heterocycles. The molecular formula is C47H28N4S2. The summed E-state index contributed by atoms with van der Waals surface area (Å²) in [5.74, 6) is 2.01. The topological polar surface area (TPSA) is 51.6 Å². The number of para-hydroxylation sites is 1. The first-order valence-corrected chi connectivity index (χ1v) is 19.3. The van der Waals surface area contributed by atoms with E-state index in [9.17, 15) is 0 Å². The second-order valence-electron chi connectivity index (χ2n) is 13.4. The van der Waals surface area contributed by atoms with Crippen molar-refractivity contribution in [1.29, 1.82) is 0 Å². The van der Waals surface area contributed by atoms with Crippen LogP contribution in [-0.2, 0) is 6.42 Å². The third-order valence-corrected chi connectivity index (χ3v) is 12.4. The van der Waals surface area contributed by atoms with Crippen LogP contribution in [-0.4, -0.2) is 19.9 Å². The Labute approximate surface area is 313 Å². The predicted molar refractivity (Wildman–Crippen MR) is 221 cm³/mol. The Hall–Kier alpha value is -6.34. The van der Waals surface area contributed by atoms with Gasteiger partial charge in [-0.05, 0) is 76.2 Å². The third-order valence-electron chi connectivity index (χ3n) is 10.2. The summed E-state index contributed by atoms with van der Waals surface area (Å²) in [7, 11) is 0. The van der Waals surface area contributed by atoms with Crippen LogP contribution in [0.25, 0.3) is 97.4 Å². The number of rotatable bonds is 5. The molecule has 0 N–H and O–H groups in total. The lowest BCUT2D eigenvalue weighted by molar-refractivity contribution is 1.08. The van der Waals surface area contributed by atoms with Crippen molar-refractivity contribution in [1.82, 2.24) is 19.9 Å². The molecule has 0 radical (unpaired) electrons. The Morgan fingerprint density at radius 2 is 1.06 bits per heavy atom. The molecule has 0 atom stereocenters. The molecule has 0 bridgehead atoms. The molecule has 10 aromatic rings. The second kappa shape index (κ2) is 12.1. The van der Waals surface area contributed by atoms with Gasteiger partial charge in [0.2, 0.25) is 0 Å². The molecule has 0 spiro atoms. The van der Waals surface area contributed by atoms with Gasteiger partial charge in [0.15, 0.2) is 17.5 Å². The summed E-state index contributed by atoms with van der Waals surface area (Å²) in [6.45, 7) is 0. The lowest BCUT2D eigenvalue weighted by Gasteiger charge is -2.11. The lowest BCUT2D eigenvalue weighted by atomic mass is 9.99. The Kier molecular flexibility index (Phi) is 6.93. The SMILES string of the molecule is c1ccc(-c2nc(-c3ccc4c(c3)-c3ccccc3C4)nc(-c3cccc4sc5ccc(-c6ccc(-c7nc8ccccc8s7)cc6)cc5c34)n2)cc1. The summed E-state index contributed by atoms with van der Waals surface area (Å²) in [4.78, 5) is 20.3. The minimum absolute atomic E-state index is 0.664. The highest BCUT2D eigenvalue weighted by molar-refractivity contribution is 7.26. The molecule has 1 aliphatic rings. The zero-order valence-electron chi connectivity index (χ0n) is 28.3. The van der Waals surface area contributed by atoms with E-state index in [0.29, 0.717) is 17.5 Å². The summed E-state index contributed by atoms with van der Waals surface area (Å²) >= 11 is 3.54. The van der Waals surface area contributed by atoms with Gasteiger partial charge in [-0.15, -0.1) is 22.7 Å². The molecular weight excluding hydrogens is 685 g/mol. The highest BCUT2D eigenvalue weighted by Gasteiger charge is 2.21. The van der Waals surface area contributed by atoms with E-state index in [1.165, 1.54) is 58.3 Å². The van der Waals surface area contributed by atoms with Gasteiger partial charge in [0.05, 0.1) is 10.2 Å². The van der Waals surface area contributed by atoms with E-state index in [1.807, 2.05) is 24.3 Å². The number of benzene rings is 7. The van der Waals surface area contributed by atoms with Crippen LogP contribution in [0.5, 0.6) is 0 Å². The Bertz CT molecular complexity index is 3000. The summed E-state index contributed by atoms with van der Waals surface area (Å²) in [6, 6.07) is 55.9. The zero-order chi connectivity index (χ0) is 34.9. The molecule has 6 heteroatoms. The van der Waals surface area contributed by atoms with Gasteiger partial charge in [-0.2, -0.15) is 0 Å². The summed E-state index contributed by atoms with van der Waals surface area (Å²) in [5, 5.41) is 3.41. The van der Waals surface area contributed by atoms with Gasteiger partial charge >= 0.3 is 0 Å².